The molecule has 0 radical (unpaired) electrons. The molecule has 1 aliphatic rings. The summed E-state index contributed by atoms with van der Waals surface area (Å²) in [4.78, 5) is 7.04. The third-order valence-electron chi connectivity index (χ3n) is 4.13. The van der Waals surface area contributed by atoms with Gasteiger partial charge in [0.1, 0.15) is 5.82 Å². The van der Waals surface area contributed by atoms with Crippen molar-refractivity contribution < 1.29 is 9.13 Å². The van der Waals surface area contributed by atoms with Crippen molar-refractivity contribution in [3.05, 3.63) is 35.1 Å². The van der Waals surface area contributed by atoms with E-state index in [1.54, 1.807) is 13.2 Å². The van der Waals surface area contributed by atoms with E-state index in [2.05, 4.69) is 31.0 Å². The zero-order chi connectivity index (χ0) is 16.9. The summed E-state index contributed by atoms with van der Waals surface area (Å²) in [7, 11) is 1.57. The van der Waals surface area contributed by atoms with Gasteiger partial charge in [-0.1, -0.05) is 19.9 Å². The van der Waals surface area contributed by atoms with E-state index in [1.165, 1.54) is 12.5 Å². The average molecular weight is 449 g/mol. The Morgan fingerprint density at radius 2 is 2.17 bits per heavy atom. The highest BCUT2D eigenvalue weighted by Gasteiger charge is 2.30. The fourth-order valence-corrected chi connectivity index (χ4v) is 2.88. The van der Waals surface area contributed by atoms with Crippen molar-refractivity contribution in [2.45, 2.75) is 40.3 Å². The smallest absolute Gasteiger partial charge is 0.194 e. The Balaban J connectivity index is 0.00000288. The number of hydrogen-bond acceptors (Lipinski definition) is 2. The van der Waals surface area contributed by atoms with Crippen LogP contribution in [0.2, 0.25) is 0 Å². The second-order valence-electron chi connectivity index (χ2n) is 6.86. The quantitative estimate of drug-likeness (QED) is 0.422. The van der Waals surface area contributed by atoms with E-state index >= 15 is 0 Å². The van der Waals surface area contributed by atoms with Gasteiger partial charge in [-0.05, 0) is 36.5 Å². The number of guanidine groups is 1. The fraction of sp³-hybridized carbons (Fsp3) is 0.611. The summed E-state index contributed by atoms with van der Waals surface area (Å²) in [6.07, 6.45) is 1.17. The Kier molecular flexibility index (Phi) is 8.42. The maximum atomic E-state index is 13.7. The Morgan fingerprint density at radius 1 is 1.42 bits per heavy atom. The number of benzene rings is 1. The minimum atomic E-state index is -0.229. The van der Waals surface area contributed by atoms with Gasteiger partial charge in [-0.25, -0.2) is 9.38 Å². The Morgan fingerprint density at radius 3 is 2.75 bits per heavy atom. The van der Waals surface area contributed by atoms with Crippen LogP contribution in [0.25, 0.3) is 0 Å². The predicted molar refractivity (Wildman–Crippen MR) is 107 cm³/mol. The van der Waals surface area contributed by atoms with Gasteiger partial charge in [0.2, 0.25) is 0 Å². The molecule has 1 heterocycles. The third kappa shape index (κ3) is 5.88. The van der Waals surface area contributed by atoms with E-state index < -0.39 is 0 Å². The first-order valence-corrected chi connectivity index (χ1v) is 8.24. The second kappa shape index (κ2) is 9.56. The van der Waals surface area contributed by atoms with Gasteiger partial charge in [0.25, 0.3) is 0 Å². The first-order chi connectivity index (χ1) is 10.9. The highest BCUT2D eigenvalue weighted by atomic mass is 127. The molecule has 1 N–H and O–H groups in total. The molecule has 6 heteroatoms. The van der Waals surface area contributed by atoms with Crippen LogP contribution >= 0.6 is 24.0 Å². The number of halogens is 2. The summed E-state index contributed by atoms with van der Waals surface area (Å²) in [5.74, 6) is 0.712. The van der Waals surface area contributed by atoms with Crippen LogP contribution in [0.1, 0.15) is 38.3 Å². The SMILES string of the molecule is CCNC(=NCc1ccc(F)c(COC)c1)N1CCC(C)(C)C1.I. The lowest BCUT2D eigenvalue weighted by atomic mass is 9.93. The fourth-order valence-electron chi connectivity index (χ4n) is 2.88. The molecule has 0 saturated carbocycles. The van der Waals surface area contributed by atoms with Crippen molar-refractivity contribution in [2.75, 3.05) is 26.7 Å². The van der Waals surface area contributed by atoms with Crippen molar-refractivity contribution >= 4 is 29.9 Å². The number of nitrogens with zero attached hydrogens (tertiary/aromatic N) is 2. The van der Waals surface area contributed by atoms with Crippen molar-refractivity contribution in [1.82, 2.24) is 10.2 Å². The lowest BCUT2D eigenvalue weighted by Gasteiger charge is -2.23. The topological polar surface area (TPSA) is 36.9 Å². The first-order valence-electron chi connectivity index (χ1n) is 8.24. The van der Waals surface area contributed by atoms with Crippen LogP contribution < -0.4 is 5.32 Å². The monoisotopic (exact) mass is 449 g/mol. The molecule has 0 unspecified atom stereocenters. The predicted octanol–water partition coefficient (Wildman–Crippen LogP) is 3.79. The summed E-state index contributed by atoms with van der Waals surface area (Å²) in [5, 5.41) is 3.36. The standard InChI is InChI=1S/C18H28FN3O.HI/c1-5-20-17(22-9-8-18(2,3)13-22)21-11-14-6-7-16(19)15(10-14)12-23-4;/h6-7,10H,5,8-9,11-13H2,1-4H3,(H,20,21);1H. The molecule has 0 aliphatic carbocycles. The molecular weight excluding hydrogens is 420 g/mol. The van der Waals surface area contributed by atoms with Gasteiger partial charge in [0.05, 0.1) is 13.2 Å². The molecule has 1 aromatic rings. The maximum Gasteiger partial charge on any atom is 0.194 e. The Labute approximate surface area is 161 Å². The molecule has 1 aliphatic heterocycles. The van der Waals surface area contributed by atoms with E-state index in [0.717, 1.165) is 31.2 Å². The average Bonchev–Trinajstić information content (AvgIpc) is 2.87. The minimum absolute atomic E-state index is 0. The van der Waals surface area contributed by atoms with Gasteiger partial charge in [-0.2, -0.15) is 0 Å². The van der Waals surface area contributed by atoms with Crippen LogP contribution in [0.3, 0.4) is 0 Å². The van der Waals surface area contributed by atoms with E-state index in [-0.39, 0.29) is 36.4 Å². The van der Waals surface area contributed by atoms with Crippen LogP contribution in [0.5, 0.6) is 0 Å². The normalized spacial score (nSPS) is 16.9. The molecule has 0 atom stereocenters. The van der Waals surface area contributed by atoms with Crippen molar-refractivity contribution in [2.24, 2.45) is 10.4 Å². The van der Waals surface area contributed by atoms with Gasteiger partial charge in [-0.3, -0.25) is 0 Å². The lowest BCUT2D eigenvalue weighted by Crippen LogP contribution is -2.40. The van der Waals surface area contributed by atoms with Crippen molar-refractivity contribution in [1.29, 1.82) is 0 Å². The van der Waals surface area contributed by atoms with Crippen LogP contribution in [0.15, 0.2) is 23.2 Å². The van der Waals surface area contributed by atoms with E-state index in [4.69, 9.17) is 9.73 Å². The summed E-state index contributed by atoms with van der Waals surface area (Å²) >= 11 is 0. The molecule has 0 amide bonds. The van der Waals surface area contributed by atoms with E-state index in [1.807, 2.05) is 6.07 Å². The van der Waals surface area contributed by atoms with E-state index in [0.29, 0.717) is 17.5 Å². The number of ether oxygens (including phenoxy) is 1. The molecule has 0 bridgehead atoms. The number of rotatable bonds is 5. The van der Waals surface area contributed by atoms with E-state index in [9.17, 15) is 4.39 Å². The van der Waals surface area contributed by atoms with Crippen molar-refractivity contribution in [3.63, 3.8) is 0 Å². The molecule has 24 heavy (non-hydrogen) atoms. The van der Waals surface area contributed by atoms with Gasteiger partial charge in [0, 0.05) is 32.3 Å². The lowest BCUT2D eigenvalue weighted by molar-refractivity contribution is 0.181. The summed E-state index contributed by atoms with van der Waals surface area (Å²) < 4.78 is 18.7. The van der Waals surface area contributed by atoms with Crippen LogP contribution in [0.4, 0.5) is 4.39 Å². The second-order valence-corrected chi connectivity index (χ2v) is 6.86. The number of nitrogens with one attached hydrogen (secondary N) is 1. The Hall–Kier alpha value is -0.890. The zero-order valence-electron chi connectivity index (χ0n) is 15.1. The van der Waals surface area contributed by atoms with Gasteiger partial charge < -0.3 is 15.0 Å². The van der Waals surface area contributed by atoms with Gasteiger partial charge >= 0.3 is 0 Å². The molecule has 4 nitrogen and oxygen atoms in total. The van der Waals surface area contributed by atoms with Crippen LogP contribution in [-0.2, 0) is 17.9 Å². The van der Waals surface area contributed by atoms with Gasteiger partial charge in [0.15, 0.2) is 5.96 Å². The molecule has 1 fully saturated rings. The molecule has 0 spiro atoms. The first kappa shape index (κ1) is 21.2. The Bertz CT molecular complexity index is 563. The van der Waals surface area contributed by atoms with Gasteiger partial charge in [-0.15, -0.1) is 24.0 Å². The largest absolute Gasteiger partial charge is 0.380 e. The third-order valence-corrected chi connectivity index (χ3v) is 4.13. The van der Waals surface area contributed by atoms with Crippen LogP contribution in [0, 0.1) is 11.2 Å². The molecule has 2 rings (SSSR count). The number of methoxy groups -OCH3 is 1. The van der Waals surface area contributed by atoms with Crippen molar-refractivity contribution in [3.8, 4) is 0 Å². The molecule has 1 saturated heterocycles. The zero-order valence-corrected chi connectivity index (χ0v) is 17.4. The summed E-state index contributed by atoms with van der Waals surface area (Å²) in [6, 6.07) is 5.11. The molecule has 0 aromatic heterocycles. The maximum absolute atomic E-state index is 13.7. The minimum Gasteiger partial charge on any atom is -0.380 e. The number of likely N-dealkylation sites (tertiary alicyclic amines) is 1. The molecule has 1 aromatic carbocycles. The molecule has 136 valence electrons. The number of hydrogen-bond donors (Lipinski definition) is 1. The summed E-state index contributed by atoms with van der Waals surface area (Å²) in [5.41, 5.74) is 1.90. The highest BCUT2D eigenvalue weighted by Crippen LogP contribution is 2.28. The number of aliphatic imine (C=N–C) groups is 1. The molecular formula is C18H29FIN3O. The summed E-state index contributed by atoms with van der Waals surface area (Å²) in [6.45, 7) is 10.3. The van der Waals surface area contributed by atoms with Crippen LogP contribution in [-0.4, -0.2) is 37.6 Å². The highest BCUT2D eigenvalue weighted by molar-refractivity contribution is 14.0.